The van der Waals surface area contributed by atoms with Gasteiger partial charge in [0.25, 0.3) is 0 Å². The molecule has 1 unspecified atom stereocenters. The fraction of sp³-hybridized carbons (Fsp3) is 0.800. The minimum absolute atomic E-state index is 0.0521. The molecule has 5 heteroatoms. The summed E-state index contributed by atoms with van der Waals surface area (Å²) in [5, 5.41) is 5.63. The summed E-state index contributed by atoms with van der Waals surface area (Å²) in [4.78, 5) is 22.7. The molecular weight excluding hydrogens is 194 g/mol. The van der Waals surface area contributed by atoms with Crippen molar-refractivity contribution in [3.05, 3.63) is 0 Å². The van der Waals surface area contributed by atoms with E-state index < -0.39 is 5.54 Å². The van der Waals surface area contributed by atoms with E-state index in [0.717, 1.165) is 19.3 Å². The first-order chi connectivity index (χ1) is 7.10. The Morgan fingerprint density at radius 2 is 2.27 bits per heavy atom. The standard InChI is InChI=1S/C10H17N3O2/c11-10(4-1-5-10)9(15)13-7-2-3-8(14)12-6-7/h7H,1-6,11H2,(H,12,14)(H,13,15). The first-order valence-electron chi connectivity index (χ1n) is 5.47. The zero-order valence-corrected chi connectivity index (χ0v) is 8.71. The number of carbonyl (C=O) groups is 2. The van der Waals surface area contributed by atoms with E-state index in [2.05, 4.69) is 10.6 Å². The van der Waals surface area contributed by atoms with E-state index in [1.54, 1.807) is 0 Å². The first-order valence-corrected chi connectivity index (χ1v) is 5.47. The van der Waals surface area contributed by atoms with Crippen LogP contribution in [0.1, 0.15) is 32.1 Å². The Hall–Kier alpha value is -1.10. The summed E-state index contributed by atoms with van der Waals surface area (Å²) < 4.78 is 0. The van der Waals surface area contributed by atoms with Gasteiger partial charge in [0.15, 0.2) is 0 Å². The van der Waals surface area contributed by atoms with Gasteiger partial charge < -0.3 is 16.4 Å². The molecule has 4 N–H and O–H groups in total. The number of nitrogens with two attached hydrogens (primary N) is 1. The maximum atomic E-state index is 11.7. The van der Waals surface area contributed by atoms with E-state index in [1.807, 2.05) is 0 Å². The van der Waals surface area contributed by atoms with Crippen LogP contribution >= 0.6 is 0 Å². The Morgan fingerprint density at radius 1 is 1.53 bits per heavy atom. The Bertz CT molecular complexity index is 276. The lowest BCUT2D eigenvalue weighted by atomic mass is 9.77. The van der Waals surface area contributed by atoms with Gasteiger partial charge in [0.05, 0.1) is 5.54 Å². The van der Waals surface area contributed by atoms with Crippen LogP contribution in [0.2, 0.25) is 0 Å². The molecule has 0 aromatic rings. The van der Waals surface area contributed by atoms with E-state index in [4.69, 9.17) is 5.73 Å². The van der Waals surface area contributed by atoms with E-state index in [9.17, 15) is 9.59 Å². The molecule has 2 fully saturated rings. The fourth-order valence-corrected chi connectivity index (χ4v) is 1.97. The molecule has 1 aliphatic heterocycles. The lowest BCUT2D eigenvalue weighted by Gasteiger charge is -2.38. The smallest absolute Gasteiger partial charge is 0.240 e. The molecule has 0 bridgehead atoms. The van der Waals surface area contributed by atoms with Gasteiger partial charge in [0.1, 0.15) is 0 Å². The van der Waals surface area contributed by atoms with Crippen LogP contribution < -0.4 is 16.4 Å². The van der Waals surface area contributed by atoms with E-state index in [-0.39, 0.29) is 17.9 Å². The average Bonchev–Trinajstić information content (AvgIpc) is 2.18. The van der Waals surface area contributed by atoms with Crippen molar-refractivity contribution in [2.24, 2.45) is 5.73 Å². The van der Waals surface area contributed by atoms with Crippen molar-refractivity contribution < 1.29 is 9.59 Å². The molecule has 1 saturated heterocycles. The molecule has 2 aliphatic rings. The normalized spacial score (nSPS) is 28.9. The number of nitrogens with one attached hydrogen (secondary N) is 2. The summed E-state index contributed by atoms with van der Waals surface area (Å²) in [6, 6.07) is 0.0521. The van der Waals surface area contributed by atoms with Crippen LogP contribution in [0.5, 0.6) is 0 Å². The molecular formula is C10H17N3O2. The molecule has 84 valence electrons. The van der Waals surface area contributed by atoms with Crippen molar-refractivity contribution in [2.75, 3.05) is 6.54 Å². The lowest BCUT2D eigenvalue weighted by molar-refractivity contribution is -0.131. The minimum Gasteiger partial charge on any atom is -0.354 e. The van der Waals surface area contributed by atoms with Crippen LogP contribution in [0, 0.1) is 0 Å². The van der Waals surface area contributed by atoms with Crippen LogP contribution in [0.15, 0.2) is 0 Å². The van der Waals surface area contributed by atoms with E-state index >= 15 is 0 Å². The summed E-state index contributed by atoms with van der Waals surface area (Å²) in [7, 11) is 0. The second-order valence-corrected chi connectivity index (χ2v) is 4.52. The molecule has 1 atom stereocenters. The van der Waals surface area contributed by atoms with Gasteiger partial charge in [-0.15, -0.1) is 0 Å². The lowest BCUT2D eigenvalue weighted by Crippen LogP contribution is -2.61. The van der Waals surface area contributed by atoms with Crippen molar-refractivity contribution in [1.29, 1.82) is 0 Å². The third kappa shape index (κ3) is 2.12. The van der Waals surface area contributed by atoms with Gasteiger partial charge in [-0.2, -0.15) is 0 Å². The largest absolute Gasteiger partial charge is 0.354 e. The SMILES string of the molecule is NC1(C(=O)NC2CCC(=O)NC2)CCC1. The molecule has 0 aromatic carbocycles. The van der Waals surface area contributed by atoms with E-state index in [0.29, 0.717) is 19.4 Å². The van der Waals surface area contributed by atoms with Crippen molar-refractivity contribution in [3.63, 3.8) is 0 Å². The number of hydrogen-bond donors (Lipinski definition) is 3. The molecule has 2 rings (SSSR count). The van der Waals surface area contributed by atoms with Crippen molar-refractivity contribution >= 4 is 11.8 Å². The second kappa shape index (κ2) is 3.81. The van der Waals surface area contributed by atoms with Crippen LogP contribution in [-0.2, 0) is 9.59 Å². The molecule has 1 saturated carbocycles. The maximum absolute atomic E-state index is 11.7. The Kier molecular flexibility index (Phi) is 2.65. The molecule has 5 nitrogen and oxygen atoms in total. The van der Waals surface area contributed by atoms with Gasteiger partial charge in [-0.1, -0.05) is 0 Å². The second-order valence-electron chi connectivity index (χ2n) is 4.52. The zero-order chi connectivity index (χ0) is 10.9. The summed E-state index contributed by atoms with van der Waals surface area (Å²) in [5.74, 6) is 0.00139. The highest BCUT2D eigenvalue weighted by Gasteiger charge is 2.40. The highest BCUT2D eigenvalue weighted by Crippen LogP contribution is 2.29. The predicted octanol–water partition coefficient (Wildman–Crippen LogP) is -0.737. The Balaban J connectivity index is 1.81. The predicted molar refractivity (Wildman–Crippen MR) is 54.9 cm³/mol. The quantitative estimate of drug-likeness (QED) is 0.562. The third-order valence-electron chi connectivity index (χ3n) is 3.30. The molecule has 0 spiro atoms. The van der Waals surface area contributed by atoms with Gasteiger partial charge in [-0.25, -0.2) is 0 Å². The van der Waals surface area contributed by atoms with Crippen molar-refractivity contribution in [1.82, 2.24) is 10.6 Å². The monoisotopic (exact) mass is 211 g/mol. The number of hydrogen-bond acceptors (Lipinski definition) is 3. The van der Waals surface area contributed by atoms with Crippen LogP contribution in [0.4, 0.5) is 0 Å². The number of rotatable bonds is 2. The minimum atomic E-state index is -0.637. The summed E-state index contributed by atoms with van der Waals surface area (Å²) in [6.07, 6.45) is 3.79. The van der Waals surface area contributed by atoms with Crippen LogP contribution in [0.25, 0.3) is 0 Å². The number of piperidine rings is 1. The van der Waals surface area contributed by atoms with Gasteiger partial charge in [0.2, 0.25) is 11.8 Å². The van der Waals surface area contributed by atoms with Crippen LogP contribution in [-0.4, -0.2) is 29.9 Å². The summed E-state index contributed by atoms with van der Waals surface area (Å²) in [5.41, 5.74) is 5.25. The Morgan fingerprint density at radius 3 is 2.73 bits per heavy atom. The highest BCUT2D eigenvalue weighted by atomic mass is 16.2. The molecule has 15 heavy (non-hydrogen) atoms. The Labute approximate surface area is 88.8 Å². The number of carbonyl (C=O) groups excluding carboxylic acids is 2. The number of amides is 2. The topological polar surface area (TPSA) is 84.2 Å². The van der Waals surface area contributed by atoms with Gasteiger partial charge in [-0.05, 0) is 25.7 Å². The first kappa shape index (κ1) is 10.4. The molecule has 0 radical (unpaired) electrons. The summed E-state index contributed by atoms with van der Waals surface area (Å²) >= 11 is 0. The van der Waals surface area contributed by atoms with E-state index in [1.165, 1.54) is 0 Å². The summed E-state index contributed by atoms with van der Waals surface area (Å²) in [6.45, 7) is 0.528. The van der Waals surface area contributed by atoms with Crippen molar-refractivity contribution in [3.8, 4) is 0 Å². The molecule has 0 aromatic heterocycles. The maximum Gasteiger partial charge on any atom is 0.240 e. The highest BCUT2D eigenvalue weighted by molar-refractivity contribution is 5.87. The molecule has 1 aliphatic carbocycles. The van der Waals surface area contributed by atoms with Crippen molar-refractivity contribution in [2.45, 2.75) is 43.7 Å². The van der Waals surface area contributed by atoms with Gasteiger partial charge in [0, 0.05) is 19.0 Å². The van der Waals surface area contributed by atoms with Gasteiger partial charge in [-0.3, -0.25) is 9.59 Å². The average molecular weight is 211 g/mol. The molecule has 2 amide bonds. The zero-order valence-electron chi connectivity index (χ0n) is 8.71. The third-order valence-corrected chi connectivity index (χ3v) is 3.30. The van der Waals surface area contributed by atoms with Gasteiger partial charge >= 0.3 is 0 Å². The van der Waals surface area contributed by atoms with Crippen LogP contribution in [0.3, 0.4) is 0 Å². The molecule has 1 heterocycles. The fourth-order valence-electron chi connectivity index (χ4n) is 1.97.